The standard InChI is InChI=1S/C15H17F3O3S/c16-15(17,18)12-8-6-11(7-9-12)14(19)10-22(20,21)13-4-2-1-3-5-13/h6-9,13H,1-5,10H2. The normalized spacial score (nSPS) is 17.4. The number of rotatable bonds is 4. The van der Waals surface area contributed by atoms with Crippen molar-refractivity contribution in [2.24, 2.45) is 0 Å². The third kappa shape index (κ3) is 4.09. The van der Waals surface area contributed by atoms with Crippen molar-refractivity contribution in [2.75, 3.05) is 5.75 Å². The maximum Gasteiger partial charge on any atom is 0.416 e. The van der Waals surface area contributed by atoms with Crippen LogP contribution < -0.4 is 0 Å². The number of carbonyl (C=O) groups excluding carboxylic acids is 1. The van der Waals surface area contributed by atoms with Gasteiger partial charge in [0, 0.05) is 5.56 Å². The molecular weight excluding hydrogens is 317 g/mol. The molecule has 0 N–H and O–H groups in total. The summed E-state index contributed by atoms with van der Waals surface area (Å²) in [4.78, 5) is 12.0. The Balaban J connectivity index is 2.08. The zero-order valence-electron chi connectivity index (χ0n) is 11.9. The van der Waals surface area contributed by atoms with Crippen molar-refractivity contribution in [1.82, 2.24) is 0 Å². The first kappa shape index (κ1) is 17.0. The molecule has 122 valence electrons. The molecule has 0 saturated heterocycles. The summed E-state index contributed by atoms with van der Waals surface area (Å²) in [5.74, 6) is -1.29. The van der Waals surface area contributed by atoms with E-state index in [2.05, 4.69) is 0 Å². The van der Waals surface area contributed by atoms with Gasteiger partial charge >= 0.3 is 6.18 Å². The lowest BCUT2D eigenvalue weighted by molar-refractivity contribution is -0.137. The highest BCUT2D eigenvalue weighted by molar-refractivity contribution is 7.92. The van der Waals surface area contributed by atoms with Crippen molar-refractivity contribution < 1.29 is 26.4 Å². The van der Waals surface area contributed by atoms with E-state index in [4.69, 9.17) is 0 Å². The summed E-state index contributed by atoms with van der Waals surface area (Å²) in [5.41, 5.74) is -0.869. The van der Waals surface area contributed by atoms with Gasteiger partial charge in [0.25, 0.3) is 0 Å². The number of alkyl halides is 3. The second kappa shape index (κ2) is 6.40. The minimum Gasteiger partial charge on any atom is -0.293 e. The number of halogens is 3. The van der Waals surface area contributed by atoms with Gasteiger partial charge in [0.15, 0.2) is 15.6 Å². The van der Waals surface area contributed by atoms with Gasteiger partial charge in [-0.15, -0.1) is 0 Å². The molecule has 0 radical (unpaired) electrons. The molecule has 0 spiro atoms. The molecule has 0 atom stereocenters. The first-order valence-corrected chi connectivity index (χ1v) is 8.84. The molecule has 2 rings (SSSR count). The molecule has 0 aliphatic heterocycles. The molecule has 7 heteroatoms. The van der Waals surface area contributed by atoms with Gasteiger partial charge in [-0.2, -0.15) is 13.2 Å². The predicted molar refractivity (Wildman–Crippen MR) is 76.4 cm³/mol. The highest BCUT2D eigenvalue weighted by Crippen LogP contribution is 2.29. The van der Waals surface area contributed by atoms with Crippen molar-refractivity contribution in [1.29, 1.82) is 0 Å². The summed E-state index contributed by atoms with van der Waals surface area (Å²) in [6.45, 7) is 0. The summed E-state index contributed by atoms with van der Waals surface area (Å²) in [6.07, 6.45) is -0.698. The second-order valence-corrected chi connectivity index (χ2v) is 7.85. The van der Waals surface area contributed by atoms with Gasteiger partial charge in [0.1, 0.15) is 5.75 Å². The van der Waals surface area contributed by atoms with E-state index in [9.17, 15) is 26.4 Å². The van der Waals surface area contributed by atoms with Crippen LogP contribution >= 0.6 is 0 Å². The second-order valence-electron chi connectivity index (χ2n) is 5.57. The lowest BCUT2D eigenvalue weighted by atomic mass is 10.0. The maximum atomic E-state index is 12.5. The first-order chi connectivity index (χ1) is 10.2. The Morgan fingerprint density at radius 2 is 1.59 bits per heavy atom. The Morgan fingerprint density at radius 1 is 1.05 bits per heavy atom. The SMILES string of the molecule is O=C(CS(=O)(=O)C1CCCCC1)c1ccc(C(F)(F)F)cc1. The van der Waals surface area contributed by atoms with Gasteiger partial charge < -0.3 is 0 Å². The van der Waals surface area contributed by atoms with Crippen LogP contribution in [0.1, 0.15) is 48.0 Å². The van der Waals surface area contributed by atoms with Gasteiger partial charge in [-0.1, -0.05) is 31.4 Å². The quantitative estimate of drug-likeness (QED) is 0.790. The van der Waals surface area contributed by atoms with Crippen molar-refractivity contribution in [3.05, 3.63) is 35.4 Å². The van der Waals surface area contributed by atoms with Crippen molar-refractivity contribution >= 4 is 15.6 Å². The lowest BCUT2D eigenvalue weighted by Crippen LogP contribution is -2.29. The highest BCUT2D eigenvalue weighted by Gasteiger charge is 2.32. The molecule has 0 unspecified atom stereocenters. The van der Waals surface area contributed by atoms with Crippen LogP contribution in [0.15, 0.2) is 24.3 Å². The van der Waals surface area contributed by atoms with E-state index in [1.807, 2.05) is 0 Å². The minimum absolute atomic E-state index is 0.00705. The number of benzene rings is 1. The van der Waals surface area contributed by atoms with E-state index >= 15 is 0 Å². The van der Waals surface area contributed by atoms with Crippen molar-refractivity contribution in [2.45, 2.75) is 43.5 Å². The molecule has 1 fully saturated rings. The van der Waals surface area contributed by atoms with Gasteiger partial charge in [-0.05, 0) is 25.0 Å². The van der Waals surface area contributed by atoms with Crippen LogP contribution in [0.25, 0.3) is 0 Å². The van der Waals surface area contributed by atoms with E-state index in [0.717, 1.165) is 43.5 Å². The predicted octanol–water partition coefficient (Wildman–Crippen LogP) is 3.64. The first-order valence-electron chi connectivity index (χ1n) is 7.12. The fourth-order valence-corrected chi connectivity index (χ4v) is 4.47. The van der Waals surface area contributed by atoms with E-state index < -0.39 is 38.4 Å². The lowest BCUT2D eigenvalue weighted by Gasteiger charge is -2.21. The molecule has 3 nitrogen and oxygen atoms in total. The monoisotopic (exact) mass is 334 g/mol. The van der Waals surface area contributed by atoms with E-state index in [1.54, 1.807) is 0 Å². The van der Waals surface area contributed by atoms with Crippen molar-refractivity contribution in [3.8, 4) is 0 Å². The van der Waals surface area contributed by atoms with Crippen LogP contribution in [0.5, 0.6) is 0 Å². The Bertz CT molecular complexity index is 627. The summed E-state index contributed by atoms with van der Waals surface area (Å²) >= 11 is 0. The average Bonchev–Trinajstić information content (AvgIpc) is 2.47. The third-order valence-corrected chi connectivity index (χ3v) is 6.08. The van der Waals surface area contributed by atoms with E-state index in [-0.39, 0.29) is 5.56 Å². The Morgan fingerprint density at radius 3 is 2.09 bits per heavy atom. The Kier molecular flexibility index (Phi) is 4.94. The number of Topliss-reactive ketones (excluding diaryl/α,β-unsaturated/α-hetero) is 1. The Hall–Kier alpha value is -1.37. The van der Waals surface area contributed by atoms with Crippen LogP contribution in [0.2, 0.25) is 0 Å². The number of ketones is 1. The number of hydrogen-bond acceptors (Lipinski definition) is 3. The van der Waals surface area contributed by atoms with E-state index in [0.29, 0.717) is 12.8 Å². The zero-order valence-corrected chi connectivity index (χ0v) is 12.7. The average molecular weight is 334 g/mol. The smallest absolute Gasteiger partial charge is 0.293 e. The molecule has 1 saturated carbocycles. The Labute approximate surface area is 127 Å². The molecule has 0 heterocycles. The summed E-state index contributed by atoms with van der Waals surface area (Å²) in [6, 6.07) is 3.64. The summed E-state index contributed by atoms with van der Waals surface area (Å²) in [7, 11) is -3.54. The van der Waals surface area contributed by atoms with Gasteiger partial charge in [0.05, 0.1) is 10.8 Å². The third-order valence-electron chi connectivity index (χ3n) is 3.93. The fraction of sp³-hybridized carbons (Fsp3) is 0.533. The highest BCUT2D eigenvalue weighted by atomic mass is 32.2. The number of hydrogen-bond donors (Lipinski definition) is 0. The largest absolute Gasteiger partial charge is 0.416 e. The molecule has 1 aromatic carbocycles. The van der Waals surface area contributed by atoms with E-state index in [1.165, 1.54) is 0 Å². The van der Waals surface area contributed by atoms with Gasteiger partial charge in [-0.25, -0.2) is 8.42 Å². The van der Waals surface area contributed by atoms with Gasteiger partial charge in [0.2, 0.25) is 0 Å². The van der Waals surface area contributed by atoms with Crippen LogP contribution in [0, 0.1) is 0 Å². The molecule has 1 aliphatic rings. The maximum absolute atomic E-state index is 12.5. The summed E-state index contributed by atoms with van der Waals surface area (Å²) < 4.78 is 61.8. The fourth-order valence-electron chi connectivity index (χ4n) is 2.65. The molecule has 0 aromatic heterocycles. The topological polar surface area (TPSA) is 51.2 Å². The van der Waals surface area contributed by atoms with Crippen LogP contribution in [-0.4, -0.2) is 25.2 Å². The molecule has 0 amide bonds. The molecular formula is C15H17F3O3S. The summed E-state index contributed by atoms with van der Waals surface area (Å²) in [5, 5.41) is -0.500. The molecule has 0 bridgehead atoms. The number of sulfone groups is 1. The number of carbonyl (C=O) groups is 1. The zero-order chi connectivity index (χ0) is 16.4. The van der Waals surface area contributed by atoms with Gasteiger partial charge in [-0.3, -0.25) is 4.79 Å². The van der Waals surface area contributed by atoms with Crippen LogP contribution in [0.4, 0.5) is 13.2 Å². The molecule has 1 aromatic rings. The molecule has 1 aliphatic carbocycles. The van der Waals surface area contributed by atoms with Crippen LogP contribution in [0.3, 0.4) is 0 Å². The van der Waals surface area contributed by atoms with Crippen molar-refractivity contribution in [3.63, 3.8) is 0 Å². The molecule has 22 heavy (non-hydrogen) atoms. The van der Waals surface area contributed by atoms with Crippen LogP contribution in [-0.2, 0) is 16.0 Å². The minimum atomic E-state index is -4.48.